The minimum absolute atomic E-state index is 0.00727. The summed E-state index contributed by atoms with van der Waals surface area (Å²) in [6.07, 6.45) is 3.70. The first-order chi connectivity index (χ1) is 8.65. The molecule has 0 aromatic carbocycles. The van der Waals surface area contributed by atoms with Crippen molar-refractivity contribution in [2.45, 2.75) is 13.5 Å². The summed E-state index contributed by atoms with van der Waals surface area (Å²) in [7, 11) is 1.88. The quantitative estimate of drug-likeness (QED) is 0.702. The largest absolute Gasteiger partial charge is 0.346 e. The first-order valence-corrected chi connectivity index (χ1v) is 6.40. The highest BCUT2D eigenvalue weighted by Crippen LogP contribution is 2.12. The summed E-state index contributed by atoms with van der Waals surface area (Å²) in [5.74, 6) is 0. The molecule has 3 aromatic rings. The number of fused-ring (bicyclic) bond motifs is 1. The van der Waals surface area contributed by atoms with Crippen LogP contribution in [0, 0.1) is 6.92 Å². The molecule has 0 radical (unpaired) electrons. The maximum atomic E-state index is 12.3. The van der Waals surface area contributed by atoms with Crippen molar-refractivity contribution in [1.29, 1.82) is 0 Å². The average Bonchev–Trinajstić information content (AvgIpc) is 2.90. The third-order valence-corrected chi connectivity index (χ3v) is 3.70. The van der Waals surface area contributed by atoms with E-state index in [0.717, 1.165) is 20.9 Å². The minimum atomic E-state index is 0.00727. The number of pyridine rings is 1. The van der Waals surface area contributed by atoms with Crippen molar-refractivity contribution in [1.82, 2.24) is 19.3 Å². The highest BCUT2D eigenvalue weighted by Gasteiger charge is 2.08. The molecule has 3 rings (SSSR count). The molecule has 0 N–H and O–H groups in total. The van der Waals surface area contributed by atoms with E-state index in [9.17, 15) is 4.79 Å². The number of rotatable bonds is 2. The monoisotopic (exact) mass is 260 g/mol. The zero-order chi connectivity index (χ0) is 12.7. The smallest absolute Gasteiger partial charge is 0.275 e. The van der Waals surface area contributed by atoms with E-state index in [4.69, 9.17) is 0 Å². The van der Waals surface area contributed by atoms with Crippen LogP contribution in [0.1, 0.15) is 10.0 Å². The fraction of sp³-hybridized carbons (Fsp3) is 0.250. The minimum Gasteiger partial charge on any atom is -0.346 e. The number of hydrogen-bond donors (Lipinski definition) is 0. The molecule has 0 aliphatic rings. The number of nitrogens with zero attached hydrogens (tertiary/aromatic N) is 4. The summed E-state index contributed by atoms with van der Waals surface area (Å²) < 4.78 is 3.52. The van der Waals surface area contributed by atoms with Gasteiger partial charge in [0, 0.05) is 24.8 Å². The Morgan fingerprint density at radius 1 is 1.28 bits per heavy atom. The molecule has 92 valence electrons. The highest BCUT2D eigenvalue weighted by molar-refractivity contribution is 7.11. The molecule has 0 amide bonds. The highest BCUT2D eigenvalue weighted by atomic mass is 32.1. The van der Waals surface area contributed by atoms with Gasteiger partial charge in [-0.15, -0.1) is 10.2 Å². The zero-order valence-electron chi connectivity index (χ0n) is 10.1. The third-order valence-electron chi connectivity index (χ3n) is 2.87. The van der Waals surface area contributed by atoms with E-state index in [1.807, 2.05) is 36.9 Å². The lowest BCUT2D eigenvalue weighted by atomic mass is 10.3. The van der Waals surface area contributed by atoms with Gasteiger partial charge in [-0.3, -0.25) is 4.79 Å². The lowest BCUT2D eigenvalue weighted by molar-refractivity contribution is 0.744. The van der Waals surface area contributed by atoms with Gasteiger partial charge >= 0.3 is 0 Å². The predicted octanol–water partition coefficient (Wildman–Crippen LogP) is 1.55. The Hall–Kier alpha value is -1.95. The molecule has 5 nitrogen and oxygen atoms in total. The van der Waals surface area contributed by atoms with Crippen LogP contribution in [0.5, 0.6) is 0 Å². The topological polar surface area (TPSA) is 52.7 Å². The van der Waals surface area contributed by atoms with Gasteiger partial charge in [0.1, 0.15) is 15.5 Å². The molecule has 6 heteroatoms. The van der Waals surface area contributed by atoms with Crippen LogP contribution in [0.15, 0.2) is 29.3 Å². The second-order valence-electron chi connectivity index (χ2n) is 4.19. The van der Waals surface area contributed by atoms with E-state index in [2.05, 4.69) is 10.2 Å². The maximum absolute atomic E-state index is 12.3. The molecule has 18 heavy (non-hydrogen) atoms. The van der Waals surface area contributed by atoms with Crippen molar-refractivity contribution in [3.05, 3.63) is 44.9 Å². The maximum Gasteiger partial charge on any atom is 0.275 e. The van der Waals surface area contributed by atoms with E-state index in [-0.39, 0.29) is 5.56 Å². The van der Waals surface area contributed by atoms with Gasteiger partial charge in [0.05, 0.1) is 6.54 Å². The van der Waals surface area contributed by atoms with Crippen LogP contribution in [0.4, 0.5) is 0 Å². The van der Waals surface area contributed by atoms with Crippen molar-refractivity contribution >= 4 is 22.2 Å². The summed E-state index contributed by atoms with van der Waals surface area (Å²) in [5.41, 5.74) is 0.728. The molecular weight excluding hydrogens is 248 g/mol. The summed E-state index contributed by atoms with van der Waals surface area (Å²) in [5, 5.41) is 10.7. The third kappa shape index (κ3) is 1.74. The number of aromatic nitrogens is 4. The molecule has 3 aromatic heterocycles. The summed E-state index contributed by atoms with van der Waals surface area (Å²) >= 11 is 1.51. The lowest BCUT2D eigenvalue weighted by Crippen LogP contribution is -2.21. The first-order valence-electron chi connectivity index (χ1n) is 5.58. The Morgan fingerprint density at radius 3 is 2.78 bits per heavy atom. The van der Waals surface area contributed by atoms with E-state index in [1.54, 1.807) is 10.8 Å². The van der Waals surface area contributed by atoms with Gasteiger partial charge in [-0.25, -0.2) is 0 Å². The zero-order valence-corrected chi connectivity index (χ0v) is 10.9. The van der Waals surface area contributed by atoms with Crippen LogP contribution >= 0.6 is 11.3 Å². The molecule has 0 bridgehead atoms. The molecule has 0 unspecified atom stereocenters. The first kappa shape index (κ1) is 11.2. The van der Waals surface area contributed by atoms with Crippen molar-refractivity contribution < 1.29 is 0 Å². The second kappa shape index (κ2) is 4.06. The van der Waals surface area contributed by atoms with Crippen LogP contribution in [0.25, 0.3) is 10.9 Å². The van der Waals surface area contributed by atoms with Crippen LogP contribution in [0.2, 0.25) is 0 Å². The second-order valence-corrected chi connectivity index (χ2v) is 5.46. The van der Waals surface area contributed by atoms with E-state index in [1.165, 1.54) is 11.3 Å². The Bertz CT molecular complexity index is 768. The molecule has 0 saturated heterocycles. The molecule has 0 fully saturated rings. The predicted molar refractivity (Wildman–Crippen MR) is 70.9 cm³/mol. The normalized spacial score (nSPS) is 11.2. The Morgan fingerprint density at radius 2 is 2.06 bits per heavy atom. The van der Waals surface area contributed by atoms with Crippen molar-refractivity contribution in [3.63, 3.8) is 0 Å². The summed E-state index contributed by atoms with van der Waals surface area (Å²) in [4.78, 5) is 12.3. The van der Waals surface area contributed by atoms with Crippen molar-refractivity contribution in [2.24, 2.45) is 7.05 Å². The SMILES string of the molecule is Cc1nnc(Cn2ccc3ccn(C)c3c2=O)s1. The molecule has 0 saturated carbocycles. The van der Waals surface area contributed by atoms with Gasteiger partial charge < -0.3 is 9.13 Å². The molecule has 0 spiro atoms. The molecular formula is C12H12N4OS. The van der Waals surface area contributed by atoms with Gasteiger partial charge in [-0.1, -0.05) is 11.3 Å². The molecule has 0 aliphatic heterocycles. The number of hydrogen-bond acceptors (Lipinski definition) is 4. The van der Waals surface area contributed by atoms with Crippen LogP contribution in [-0.4, -0.2) is 19.3 Å². The van der Waals surface area contributed by atoms with Crippen LogP contribution in [0.3, 0.4) is 0 Å². The Balaban J connectivity index is 2.10. The molecule has 0 aliphatic carbocycles. The summed E-state index contributed by atoms with van der Waals surface area (Å²) in [6.45, 7) is 2.38. The number of aryl methyl sites for hydroxylation is 2. The Kier molecular flexibility index (Phi) is 2.52. The van der Waals surface area contributed by atoms with E-state index in [0.29, 0.717) is 6.54 Å². The standard InChI is InChI=1S/C12H12N4OS/c1-8-13-14-10(18-8)7-16-6-4-9-3-5-15(2)11(9)12(16)17/h3-6H,7H2,1-2H3. The molecule has 3 heterocycles. The van der Waals surface area contributed by atoms with Gasteiger partial charge in [0.25, 0.3) is 5.56 Å². The van der Waals surface area contributed by atoms with Crippen molar-refractivity contribution in [3.8, 4) is 0 Å². The van der Waals surface area contributed by atoms with Gasteiger partial charge in [0.15, 0.2) is 0 Å². The fourth-order valence-electron chi connectivity index (χ4n) is 2.00. The summed E-state index contributed by atoms with van der Waals surface area (Å²) in [6, 6.07) is 3.89. The lowest BCUT2D eigenvalue weighted by Gasteiger charge is -2.03. The van der Waals surface area contributed by atoms with Crippen LogP contribution in [-0.2, 0) is 13.6 Å². The van der Waals surface area contributed by atoms with E-state index < -0.39 is 0 Å². The Labute approximate surface area is 107 Å². The van der Waals surface area contributed by atoms with E-state index >= 15 is 0 Å². The van der Waals surface area contributed by atoms with Gasteiger partial charge in [-0.2, -0.15) is 0 Å². The van der Waals surface area contributed by atoms with Gasteiger partial charge in [-0.05, 0) is 19.1 Å². The van der Waals surface area contributed by atoms with Gasteiger partial charge in [0.2, 0.25) is 0 Å². The van der Waals surface area contributed by atoms with Crippen molar-refractivity contribution in [2.75, 3.05) is 0 Å². The molecule has 0 atom stereocenters. The fourth-order valence-corrected chi connectivity index (χ4v) is 2.71. The average molecular weight is 260 g/mol. The van der Waals surface area contributed by atoms with Crippen LogP contribution < -0.4 is 5.56 Å².